The second kappa shape index (κ2) is 7.82. The Kier molecular flexibility index (Phi) is 5.05. The number of guanidine groups is 1. The van der Waals surface area contributed by atoms with Crippen LogP contribution in [0.4, 0.5) is 0 Å². The van der Waals surface area contributed by atoms with Crippen LogP contribution >= 0.6 is 0 Å². The Hall–Kier alpha value is -3.94. The van der Waals surface area contributed by atoms with Crippen LogP contribution < -0.4 is 5.32 Å². The van der Waals surface area contributed by atoms with E-state index in [2.05, 4.69) is 15.3 Å². The van der Waals surface area contributed by atoms with Crippen molar-refractivity contribution >= 4 is 34.6 Å². The maximum Gasteiger partial charge on any atom is 0.335 e. The first kappa shape index (κ1) is 19.4. The van der Waals surface area contributed by atoms with Gasteiger partial charge in [0.15, 0.2) is 0 Å². The fourth-order valence-corrected chi connectivity index (χ4v) is 3.61. The van der Waals surface area contributed by atoms with E-state index in [4.69, 9.17) is 5.11 Å². The van der Waals surface area contributed by atoms with Gasteiger partial charge in [0, 0.05) is 30.4 Å². The van der Waals surface area contributed by atoms with E-state index in [0.717, 1.165) is 22.0 Å². The summed E-state index contributed by atoms with van der Waals surface area (Å²) in [5.41, 5.74) is 2.87. The molecule has 2 amide bonds. The summed E-state index contributed by atoms with van der Waals surface area (Å²) in [4.78, 5) is 44.9. The third kappa shape index (κ3) is 3.67. The summed E-state index contributed by atoms with van der Waals surface area (Å²) in [6.45, 7) is 1.61. The number of carboxylic acid groups (broad SMARTS) is 1. The Bertz CT molecular complexity index is 1160. The number of para-hydroxylation sites is 1. The predicted molar refractivity (Wildman–Crippen MR) is 111 cm³/mol. The van der Waals surface area contributed by atoms with Crippen LogP contribution in [0.5, 0.6) is 0 Å². The highest BCUT2D eigenvalue weighted by Gasteiger charge is 2.39. The summed E-state index contributed by atoms with van der Waals surface area (Å²) in [6, 6.07) is 13.4. The van der Waals surface area contributed by atoms with Crippen molar-refractivity contribution in [2.75, 3.05) is 0 Å². The zero-order valence-corrected chi connectivity index (χ0v) is 16.3. The van der Waals surface area contributed by atoms with Crippen LogP contribution in [0.2, 0.25) is 0 Å². The normalized spacial score (nSPS) is 17.5. The number of nitrogens with zero attached hydrogens (tertiary/aromatic N) is 2. The van der Waals surface area contributed by atoms with Crippen molar-refractivity contribution in [2.24, 2.45) is 4.99 Å². The first-order chi connectivity index (χ1) is 14.4. The summed E-state index contributed by atoms with van der Waals surface area (Å²) < 4.78 is 0. The van der Waals surface area contributed by atoms with Crippen molar-refractivity contribution in [3.63, 3.8) is 0 Å². The number of nitrogens with one attached hydrogen (secondary N) is 2. The van der Waals surface area contributed by atoms with Crippen LogP contribution in [0.3, 0.4) is 0 Å². The van der Waals surface area contributed by atoms with Gasteiger partial charge in [-0.2, -0.15) is 0 Å². The van der Waals surface area contributed by atoms with Crippen LogP contribution in [0.15, 0.2) is 59.7 Å². The Morgan fingerprint density at radius 1 is 1.13 bits per heavy atom. The van der Waals surface area contributed by atoms with Gasteiger partial charge in [-0.05, 0) is 29.3 Å². The quantitative estimate of drug-likeness (QED) is 0.605. The molecule has 1 unspecified atom stereocenters. The Morgan fingerprint density at radius 2 is 1.87 bits per heavy atom. The van der Waals surface area contributed by atoms with Gasteiger partial charge in [-0.3, -0.25) is 19.8 Å². The number of aromatic carboxylic acids is 1. The minimum Gasteiger partial charge on any atom is -0.478 e. The van der Waals surface area contributed by atoms with Crippen LogP contribution in [0.25, 0.3) is 10.9 Å². The number of rotatable bonds is 5. The molecule has 1 atom stereocenters. The Morgan fingerprint density at radius 3 is 2.57 bits per heavy atom. The first-order valence-corrected chi connectivity index (χ1v) is 9.46. The SMILES string of the molecule is CC(=O)N1C(=NCc2ccc(C(=O)O)cc2)NC(=O)C1Cc1c[nH]c2ccccc12. The van der Waals surface area contributed by atoms with Crippen LogP contribution in [-0.2, 0) is 22.6 Å². The number of aliphatic imine (C=N–C) groups is 1. The standard InChI is InChI=1S/C22H20N4O4/c1-13(27)26-19(10-16-12-23-18-5-3-2-4-17(16)18)20(28)25-22(26)24-11-14-6-8-15(9-7-14)21(29)30/h2-9,12,19,23H,10-11H2,1H3,(H,29,30)(H,24,25,28). The molecule has 152 valence electrons. The fourth-order valence-electron chi connectivity index (χ4n) is 3.61. The van der Waals surface area contributed by atoms with Crippen LogP contribution in [0, 0.1) is 0 Å². The molecule has 1 saturated heterocycles. The Balaban J connectivity index is 1.56. The number of hydrogen-bond acceptors (Lipinski definition) is 4. The third-order valence-electron chi connectivity index (χ3n) is 5.12. The number of aromatic amines is 1. The molecule has 1 aliphatic heterocycles. The van der Waals surface area contributed by atoms with Gasteiger partial charge in [0.25, 0.3) is 0 Å². The molecule has 3 aromatic rings. The summed E-state index contributed by atoms with van der Waals surface area (Å²) in [5, 5.41) is 12.7. The monoisotopic (exact) mass is 404 g/mol. The minimum absolute atomic E-state index is 0.185. The van der Waals surface area contributed by atoms with Gasteiger partial charge >= 0.3 is 5.97 Å². The molecule has 2 heterocycles. The molecule has 4 rings (SSSR count). The van der Waals surface area contributed by atoms with Gasteiger partial charge in [0.2, 0.25) is 17.8 Å². The molecular weight excluding hydrogens is 384 g/mol. The maximum atomic E-state index is 12.6. The molecule has 1 fully saturated rings. The number of H-pyrrole nitrogens is 1. The average molecular weight is 404 g/mol. The highest BCUT2D eigenvalue weighted by Crippen LogP contribution is 2.22. The van der Waals surface area contributed by atoms with E-state index in [1.54, 1.807) is 12.1 Å². The van der Waals surface area contributed by atoms with E-state index < -0.39 is 12.0 Å². The largest absolute Gasteiger partial charge is 0.478 e. The highest BCUT2D eigenvalue weighted by atomic mass is 16.4. The van der Waals surface area contributed by atoms with Gasteiger partial charge in [-0.1, -0.05) is 30.3 Å². The molecule has 2 aromatic carbocycles. The molecule has 8 heteroatoms. The van der Waals surface area contributed by atoms with Crippen LogP contribution in [-0.4, -0.2) is 44.8 Å². The summed E-state index contributed by atoms with van der Waals surface area (Å²) in [5.74, 6) is -1.35. The lowest BCUT2D eigenvalue weighted by atomic mass is 10.0. The van der Waals surface area contributed by atoms with E-state index in [-0.39, 0.29) is 29.9 Å². The molecule has 30 heavy (non-hydrogen) atoms. The number of carbonyl (C=O) groups excluding carboxylic acids is 2. The van der Waals surface area contributed by atoms with Crippen molar-refractivity contribution in [2.45, 2.75) is 25.9 Å². The van der Waals surface area contributed by atoms with Crippen molar-refractivity contribution in [1.82, 2.24) is 15.2 Å². The third-order valence-corrected chi connectivity index (χ3v) is 5.12. The zero-order chi connectivity index (χ0) is 21.3. The summed E-state index contributed by atoms with van der Waals surface area (Å²) >= 11 is 0. The van der Waals surface area contributed by atoms with E-state index in [9.17, 15) is 14.4 Å². The second-order valence-corrected chi connectivity index (χ2v) is 7.10. The molecular formula is C22H20N4O4. The lowest BCUT2D eigenvalue weighted by Crippen LogP contribution is -2.40. The number of amides is 2. The van der Waals surface area contributed by atoms with E-state index in [1.807, 2.05) is 30.5 Å². The van der Waals surface area contributed by atoms with Gasteiger partial charge in [0.1, 0.15) is 6.04 Å². The average Bonchev–Trinajstić information content (AvgIpc) is 3.28. The number of carboxylic acids is 1. The summed E-state index contributed by atoms with van der Waals surface area (Å²) in [7, 11) is 0. The second-order valence-electron chi connectivity index (χ2n) is 7.10. The fraction of sp³-hybridized carbons (Fsp3) is 0.182. The molecule has 0 spiro atoms. The molecule has 0 aliphatic carbocycles. The van der Waals surface area contributed by atoms with Crippen molar-refractivity contribution in [3.05, 3.63) is 71.4 Å². The van der Waals surface area contributed by atoms with Crippen LogP contribution in [0.1, 0.15) is 28.4 Å². The van der Waals surface area contributed by atoms with Crippen molar-refractivity contribution in [3.8, 4) is 0 Å². The summed E-state index contributed by atoms with van der Waals surface area (Å²) in [6.07, 6.45) is 2.22. The lowest BCUT2D eigenvalue weighted by molar-refractivity contribution is -0.131. The molecule has 0 bridgehead atoms. The number of hydrogen-bond donors (Lipinski definition) is 3. The van der Waals surface area contributed by atoms with E-state index >= 15 is 0 Å². The van der Waals surface area contributed by atoms with Gasteiger partial charge in [0.05, 0.1) is 12.1 Å². The molecule has 0 saturated carbocycles. The van der Waals surface area contributed by atoms with E-state index in [0.29, 0.717) is 6.42 Å². The van der Waals surface area contributed by atoms with Gasteiger partial charge in [-0.25, -0.2) is 9.79 Å². The Labute approximate surface area is 172 Å². The van der Waals surface area contributed by atoms with E-state index in [1.165, 1.54) is 24.0 Å². The lowest BCUT2D eigenvalue weighted by Gasteiger charge is -2.20. The van der Waals surface area contributed by atoms with Crippen molar-refractivity contribution in [1.29, 1.82) is 0 Å². The number of aromatic nitrogens is 1. The van der Waals surface area contributed by atoms with Gasteiger partial charge < -0.3 is 10.1 Å². The number of benzene rings is 2. The molecule has 1 aromatic heterocycles. The predicted octanol–water partition coefficient (Wildman–Crippen LogP) is 2.31. The number of carbonyl (C=O) groups is 3. The molecule has 0 radical (unpaired) electrons. The topological polar surface area (TPSA) is 115 Å². The zero-order valence-electron chi connectivity index (χ0n) is 16.3. The highest BCUT2D eigenvalue weighted by molar-refractivity contribution is 6.13. The molecule has 8 nitrogen and oxygen atoms in total. The maximum absolute atomic E-state index is 12.6. The smallest absolute Gasteiger partial charge is 0.335 e. The minimum atomic E-state index is -1.00. The number of fused-ring (bicyclic) bond motifs is 1. The molecule has 3 N–H and O–H groups in total. The first-order valence-electron chi connectivity index (χ1n) is 9.46. The molecule has 1 aliphatic rings. The van der Waals surface area contributed by atoms with Gasteiger partial charge in [-0.15, -0.1) is 0 Å². The van der Waals surface area contributed by atoms with Crippen molar-refractivity contribution < 1.29 is 19.5 Å².